The van der Waals surface area contributed by atoms with Gasteiger partial charge in [0.2, 0.25) is 0 Å². The molecule has 7 heteroatoms. The monoisotopic (exact) mass is 542 g/mol. The molecule has 1 aliphatic heterocycles. The summed E-state index contributed by atoms with van der Waals surface area (Å²) in [6, 6.07) is 33.4. The summed E-state index contributed by atoms with van der Waals surface area (Å²) < 4.78 is 37.0. The maximum absolute atomic E-state index is 11.0. The highest BCUT2D eigenvalue weighted by Crippen LogP contribution is 2.29. The van der Waals surface area contributed by atoms with Gasteiger partial charge in [0, 0.05) is 6.42 Å². The number of furan rings is 1. The minimum Gasteiger partial charge on any atom is -0.456 e. The Morgan fingerprint density at radius 2 is 1.27 bits per heavy atom. The highest BCUT2D eigenvalue weighted by molar-refractivity contribution is 5.70. The summed E-state index contributed by atoms with van der Waals surface area (Å²) in [6.45, 7) is 1.77. The summed E-state index contributed by atoms with van der Waals surface area (Å²) in [5.41, 5.74) is 3.21. The first-order chi connectivity index (χ1) is 19.8. The average molecular weight is 543 g/mol. The number of carbonyl (C=O) groups is 1. The van der Waals surface area contributed by atoms with Crippen LogP contribution in [0.3, 0.4) is 0 Å². The van der Waals surface area contributed by atoms with Gasteiger partial charge >= 0.3 is 0 Å². The fourth-order valence-electron chi connectivity index (χ4n) is 4.63. The molecule has 0 bridgehead atoms. The van der Waals surface area contributed by atoms with Crippen LogP contribution in [-0.2, 0) is 50.1 Å². The summed E-state index contributed by atoms with van der Waals surface area (Å²) >= 11 is 0. The van der Waals surface area contributed by atoms with E-state index in [-0.39, 0.29) is 24.6 Å². The highest BCUT2D eigenvalue weighted by atomic mass is 16.7. The lowest BCUT2D eigenvalue weighted by Gasteiger charge is -2.41. The van der Waals surface area contributed by atoms with Crippen LogP contribution in [0.5, 0.6) is 0 Å². The number of carbonyl (C=O) groups excluding carboxylic acids is 1. The Labute approximate surface area is 234 Å². The second-order valence-electron chi connectivity index (χ2n) is 9.67. The van der Waals surface area contributed by atoms with Gasteiger partial charge in [-0.15, -0.1) is 0 Å². The van der Waals surface area contributed by atoms with E-state index in [0.29, 0.717) is 44.9 Å². The predicted octanol–water partition coefficient (Wildman–Crippen LogP) is 6.11. The molecule has 0 spiro atoms. The van der Waals surface area contributed by atoms with E-state index in [1.165, 1.54) is 0 Å². The normalized spacial score (nSPS) is 20.8. The molecule has 2 heterocycles. The molecule has 0 N–H and O–H groups in total. The third-order valence-electron chi connectivity index (χ3n) is 6.68. The molecule has 5 rings (SSSR count). The number of aldehydes is 1. The van der Waals surface area contributed by atoms with Gasteiger partial charge in [-0.1, -0.05) is 91.0 Å². The zero-order valence-corrected chi connectivity index (χ0v) is 22.3. The van der Waals surface area contributed by atoms with Crippen LogP contribution in [0.25, 0.3) is 0 Å². The van der Waals surface area contributed by atoms with E-state index in [4.69, 9.17) is 28.1 Å². The zero-order valence-electron chi connectivity index (χ0n) is 22.3. The lowest BCUT2D eigenvalue weighted by atomic mass is 10.0. The van der Waals surface area contributed by atoms with Gasteiger partial charge in [0.05, 0.1) is 32.5 Å². The minimum atomic E-state index is -0.576. The third kappa shape index (κ3) is 8.21. The van der Waals surface area contributed by atoms with E-state index < -0.39 is 12.4 Å². The summed E-state index contributed by atoms with van der Waals surface area (Å²) in [6.07, 6.45) is -0.576. The molecular formula is C33H34O7. The Morgan fingerprint density at radius 3 is 1.88 bits per heavy atom. The first-order valence-corrected chi connectivity index (χ1v) is 13.5. The van der Waals surface area contributed by atoms with Crippen molar-refractivity contribution in [2.75, 3.05) is 6.61 Å². The van der Waals surface area contributed by atoms with E-state index in [1.807, 2.05) is 91.0 Å². The molecule has 0 amide bonds. The quantitative estimate of drug-likeness (QED) is 0.178. The first-order valence-electron chi connectivity index (χ1n) is 13.5. The number of ether oxygens (including phenoxy) is 5. The lowest BCUT2D eigenvalue weighted by molar-refractivity contribution is -0.282. The fraction of sp³-hybridized carbons (Fsp3) is 0.303. The maximum atomic E-state index is 11.0. The van der Waals surface area contributed by atoms with E-state index in [9.17, 15) is 4.79 Å². The minimum absolute atomic E-state index is 0.164. The van der Waals surface area contributed by atoms with Crippen molar-refractivity contribution >= 4 is 6.29 Å². The predicted molar refractivity (Wildman–Crippen MR) is 148 cm³/mol. The Hall–Kier alpha value is -3.59. The average Bonchev–Trinajstić information content (AvgIpc) is 3.48. The van der Waals surface area contributed by atoms with E-state index in [2.05, 4.69) is 0 Å². The summed E-state index contributed by atoms with van der Waals surface area (Å²) in [4.78, 5) is 11.0. The summed E-state index contributed by atoms with van der Waals surface area (Å²) in [7, 11) is 0. The van der Waals surface area contributed by atoms with Crippen molar-refractivity contribution in [1.82, 2.24) is 0 Å². The van der Waals surface area contributed by atoms with Crippen molar-refractivity contribution in [3.05, 3.63) is 131 Å². The molecule has 4 atom stereocenters. The smallest absolute Gasteiger partial charge is 0.185 e. The number of hydrogen-bond donors (Lipinski definition) is 0. The van der Waals surface area contributed by atoms with Gasteiger partial charge in [0.15, 0.2) is 18.3 Å². The molecule has 7 nitrogen and oxygen atoms in total. The van der Waals surface area contributed by atoms with E-state index in [0.717, 1.165) is 16.7 Å². The molecular weight excluding hydrogens is 508 g/mol. The summed E-state index contributed by atoms with van der Waals surface area (Å²) in [5, 5.41) is 0. The van der Waals surface area contributed by atoms with Crippen LogP contribution in [0.2, 0.25) is 0 Å². The maximum Gasteiger partial charge on any atom is 0.185 e. The molecule has 0 saturated carbocycles. The van der Waals surface area contributed by atoms with Crippen molar-refractivity contribution in [3.63, 3.8) is 0 Å². The van der Waals surface area contributed by atoms with E-state index >= 15 is 0 Å². The molecule has 1 aliphatic rings. The molecule has 0 radical (unpaired) electrons. The second kappa shape index (κ2) is 14.7. The lowest BCUT2D eigenvalue weighted by Crippen LogP contribution is -2.53. The molecule has 40 heavy (non-hydrogen) atoms. The Morgan fingerprint density at radius 1 is 0.675 bits per heavy atom. The zero-order chi connectivity index (χ0) is 27.4. The van der Waals surface area contributed by atoms with Crippen molar-refractivity contribution < 1.29 is 32.9 Å². The van der Waals surface area contributed by atoms with Crippen molar-refractivity contribution in [1.29, 1.82) is 0 Å². The molecule has 208 valence electrons. The molecule has 0 aliphatic carbocycles. The van der Waals surface area contributed by atoms with Crippen molar-refractivity contribution in [3.8, 4) is 0 Å². The molecule has 1 saturated heterocycles. The number of benzene rings is 3. The molecule has 1 aromatic heterocycles. The van der Waals surface area contributed by atoms with Crippen LogP contribution >= 0.6 is 0 Å². The Bertz CT molecular complexity index is 1280. The molecule has 4 aromatic rings. The first kappa shape index (κ1) is 28.0. The van der Waals surface area contributed by atoms with Gasteiger partial charge in [-0.3, -0.25) is 4.79 Å². The largest absolute Gasteiger partial charge is 0.456 e. The van der Waals surface area contributed by atoms with Gasteiger partial charge in [0.25, 0.3) is 0 Å². The van der Waals surface area contributed by atoms with Gasteiger partial charge in [-0.05, 0) is 28.8 Å². The highest BCUT2D eigenvalue weighted by Gasteiger charge is 2.41. The van der Waals surface area contributed by atoms with Gasteiger partial charge < -0.3 is 28.1 Å². The van der Waals surface area contributed by atoms with Crippen LogP contribution in [0, 0.1) is 0 Å². The number of rotatable bonds is 14. The third-order valence-corrected chi connectivity index (χ3v) is 6.68. The Kier molecular flexibility index (Phi) is 10.3. The van der Waals surface area contributed by atoms with Crippen LogP contribution in [0.15, 0.2) is 108 Å². The SMILES string of the molecule is O=Cc1ccc(CO[C@@H]2C[C@@H](OCc3ccccc3)[C@@H](OCc3ccccc3)C(COCc3ccccc3)O2)o1. The van der Waals surface area contributed by atoms with Crippen LogP contribution in [-0.4, -0.2) is 37.5 Å². The molecule has 1 unspecified atom stereocenters. The molecule has 3 aromatic carbocycles. The van der Waals surface area contributed by atoms with Gasteiger partial charge in [0.1, 0.15) is 24.6 Å². The van der Waals surface area contributed by atoms with Crippen LogP contribution < -0.4 is 0 Å². The van der Waals surface area contributed by atoms with Gasteiger partial charge in [-0.25, -0.2) is 0 Å². The van der Waals surface area contributed by atoms with Gasteiger partial charge in [-0.2, -0.15) is 0 Å². The summed E-state index contributed by atoms with van der Waals surface area (Å²) in [5.74, 6) is 0.806. The van der Waals surface area contributed by atoms with Crippen molar-refractivity contribution in [2.24, 2.45) is 0 Å². The molecule has 1 fully saturated rings. The van der Waals surface area contributed by atoms with Crippen LogP contribution in [0.1, 0.15) is 39.4 Å². The standard InChI is InChI=1S/C33H34O7/c34-19-28-16-17-29(39-28)23-37-32-18-30(36-21-26-12-6-2-7-13-26)33(38-22-27-14-8-3-9-15-27)31(40-32)24-35-20-25-10-4-1-5-11-25/h1-17,19,30-33H,18,20-24H2/t30-,31?,32+,33-/m1/s1. The van der Waals surface area contributed by atoms with Crippen LogP contribution in [0.4, 0.5) is 0 Å². The number of hydrogen-bond acceptors (Lipinski definition) is 7. The van der Waals surface area contributed by atoms with E-state index in [1.54, 1.807) is 12.1 Å². The second-order valence-corrected chi connectivity index (χ2v) is 9.67. The topological polar surface area (TPSA) is 76.4 Å². The fourth-order valence-corrected chi connectivity index (χ4v) is 4.63. The Balaban J connectivity index is 1.30. The van der Waals surface area contributed by atoms with Crippen molar-refractivity contribution in [2.45, 2.75) is 57.5 Å².